The number of amides is 2. The average Bonchev–Trinajstić information content (AvgIpc) is 3.05. The summed E-state index contributed by atoms with van der Waals surface area (Å²) in [4.78, 5) is 26.4. The Balaban J connectivity index is 1.36. The lowest BCUT2D eigenvalue weighted by Gasteiger charge is -2.51. The van der Waals surface area contributed by atoms with Gasteiger partial charge >= 0.3 is 0 Å². The quantitative estimate of drug-likeness (QED) is 0.514. The number of ether oxygens (including phenoxy) is 1. The van der Waals surface area contributed by atoms with Crippen LogP contribution in [0, 0.1) is 0 Å². The van der Waals surface area contributed by atoms with Gasteiger partial charge in [-0.2, -0.15) is 0 Å². The molecule has 0 aromatic heterocycles. The zero-order valence-corrected chi connectivity index (χ0v) is 17.9. The van der Waals surface area contributed by atoms with Crippen LogP contribution in [0.5, 0.6) is 5.75 Å². The number of nitrogens with zero attached hydrogens (tertiary/aromatic N) is 2. The van der Waals surface area contributed by atoms with Crippen molar-refractivity contribution in [3.8, 4) is 5.75 Å². The molecule has 1 atom stereocenters. The first-order valence-corrected chi connectivity index (χ1v) is 11.9. The Labute approximate surface area is 187 Å². The molecule has 3 aromatic carbocycles. The van der Waals surface area contributed by atoms with Crippen LogP contribution in [0.1, 0.15) is 33.6 Å². The molecule has 7 nitrogen and oxygen atoms in total. The van der Waals surface area contributed by atoms with Crippen LogP contribution >= 0.6 is 10.8 Å². The lowest BCUT2D eigenvalue weighted by Crippen LogP contribution is -2.40. The van der Waals surface area contributed by atoms with E-state index in [9.17, 15) is 18.7 Å². The molecule has 1 unspecified atom stereocenters. The van der Waals surface area contributed by atoms with Gasteiger partial charge in [0.25, 0.3) is 11.8 Å². The molecule has 0 saturated heterocycles. The molecule has 0 spiro atoms. The van der Waals surface area contributed by atoms with Crippen molar-refractivity contribution in [1.82, 2.24) is 4.90 Å². The molecule has 164 valence electrons. The highest BCUT2D eigenvalue weighted by Crippen LogP contribution is 2.61. The van der Waals surface area contributed by atoms with Gasteiger partial charge in [-0.3, -0.25) is 23.6 Å². The van der Waals surface area contributed by atoms with Crippen molar-refractivity contribution in [2.45, 2.75) is 18.3 Å². The topological polar surface area (TPSA) is 90.3 Å². The highest BCUT2D eigenvalue weighted by Gasteiger charge is 2.41. The lowest BCUT2D eigenvalue weighted by atomic mass is 10.1. The number of anilines is 2. The Morgan fingerprint density at radius 1 is 0.812 bits per heavy atom. The Kier molecular flexibility index (Phi) is 5.13. The third kappa shape index (κ3) is 3.33. The summed E-state index contributed by atoms with van der Waals surface area (Å²) in [5.74, 6) is -0.0932. The number of carbonyl (C=O) groups is 2. The molecule has 3 aromatic rings. The Bertz CT molecular complexity index is 1150. The van der Waals surface area contributed by atoms with Gasteiger partial charge in [0.1, 0.15) is 11.4 Å². The summed E-state index contributed by atoms with van der Waals surface area (Å²) in [6.07, 6.45) is 0.629. The fourth-order valence-electron chi connectivity index (χ4n) is 4.13. The van der Waals surface area contributed by atoms with Gasteiger partial charge < -0.3 is 4.74 Å². The zero-order chi connectivity index (χ0) is 22.3. The van der Waals surface area contributed by atoms with E-state index < -0.39 is 16.2 Å². The number of para-hydroxylation sites is 3. The number of carbonyl (C=O) groups excluding carboxylic acids is 2. The second-order valence-electron chi connectivity index (χ2n) is 7.66. The van der Waals surface area contributed by atoms with Crippen LogP contribution in [0.3, 0.4) is 0 Å². The van der Waals surface area contributed by atoms with Crippen molar-refractivity contribution in [2.75, 3.05) is 10.8 Å². The SMILES string of the molecule is O=C1c2ccccc2C(=O)N1CCCC1Oc2ccccc2N(c2ccccc2)S1(O)O. The van der Waals surface area contributed by atoms with Crippen molar-refractivity contribution in [3.63, 3.8) is 0 Å². The second-order valence-corrected chi connectivity index (χ2v) is 9.67. The van der Waals surface area contributed by atoms with Gasteiger partial charge in [-0.1, -0.05) is 53.2 Å². The highest BCUT2D eigenvalue weighted by atomic mass is 32.3. The largest absolute Gasteiger partial charge is 0.467 e. The Morgan fingerprint density at radius 2 is 1.41 bits per heavy atom. The van der Waals surface area contributed by atoms with E-state index in [1.165, 1.54) is 9.21 Å². The van der Waals surface area contributed by atoms with E-state index in [1.54, 1.807) is 36.4 Å². The minimum absolute atomic E-state index is 0.175. The summed E-state index contributed by atoms with van der Waals surface area (Å²) in [6.45, 7) is 0.175. The van der Waals surface area contributed by atoms with Crippen LogP contribution in [-0.4, -0.2) is 37.8 Å². The molecule has 0 aliphatic carbocycles. The number of hydrogen-bond acceptors (Lipinski definition) is 6. The van der Waals surface area contributed by atoms with Crippen molar-refractivity contribution in [1.29, 1.82) is 0 Å². The van der Waals surface area contributed by atoms with Crippen LogP contribution in [0.4, 0.5) is 11.4 Å². The van der Waals surface area contributed by atoms with E-state index in [2.05, 4.69) is 0 Å². The number of fused-ring (bicyclic) bond motifs is 2. The summed E-state index contributed by atoms with van der Waals surface area (Å²) in [5.41, 5.74) is 1.12. The fraction of sp³-hybridized carbons (Fsp3) is 0.167. The zero-order valence-electron chi connectivity index (χ0n) is 17.1. The predicted octanol–water partition coefficient (Wildman–Crippen LogP) is 5.29. The molecule has 8 heteroatoms. The molecule has 2 heterocycles. The summed E-state index contributed by atoms with van der Waals surface area (Å²) in [5, 5.41) is 0. The molecule has 0 saturated carbocycles. The normalized spacial score (nSPS) is 19.9. The van der Waals surface area contributed by atoms with Gasteiger partial charge in [-0.05, 0) is 42.8 Å². The smallest absolute Gasteiger partial charge is 0.261 e. The number of imide groups is 1. The third-order valence-electron chi connectivity index (χ3n) is 5.65. The molecule has 2 N–H and O–H groups in total. The maximum Gasteiger partial charge on any atom is 0.261 e. The van der Waals surface area contributed by atoms with E-state index >= 15 is 0 Å². The molecule has 2 aliphatic rings. The van der Waals surface area contributed by atoms with Gasteiger partial charge in [0.05, 0.1) is 16.8 Å². The molecule has 5 rings (SSSR count). The highest BCUT2D eigenvalue weighted by molar-refractivity contribution is 8.26. The van der Waals surface area contributed by atoms with E-state index in [1.807, 2.05) is 42.5 Å². The van der Waals surface area contributed by atoms with Crippen LogP contribution in [-0.2, 0) is 0 Å². The van der Waals surface area contributed by atoms with Crippen molar-refractivity contribution in [2.24, 2.45) is 0 Å². The molecule has 0 fully saturated rings. The number of hydrogen-bond donors (Lipinski definition) is 2. The predicted molar refractivity (Wildman–Crippen MR) is 123 cm³/mol. The first kappa shape index (κ1) is 20.6. The average molecular weight is 451 g/mol. The summed E-state index contributed by atoms with van der Waals surface area (Å²) >= 11 is 0. The van der Waals surface area contributed by atoms with Crippen LogP contribution in [0.15, 0.2) is 78.9 Å². The molecule has 32 heavy (non-hydrogen) atoms. The lowest BCUT2D eigenvalue weighted by molar-refractivity contribution is 0.0648. The first-order chi connectivity index (χ1) is 15.5. The monoisotopic (exact) mass is 450 g/mol. The van der Waals surface area contributed by atoms with Gasteiger partial charge in [0.2, 0.25) is 5.44 Å². The standard InChI is InChI=1S/C24H22N2O5S/c27-23-18-11-4-5-12-19(18)24(28)25(23)16-8-15-22-31-21-14-7-6-13-20(21)26(32(22,29)30)17-9-2-1-3-10-17/h1-7,9-14,22,29-30H,8,15-16H2. The molecule has 0 bridgehead atoms. The van der Waals surface area contributed by atoms with Crippen molar-refractivity contribution >= 4 is 34.0 Å². The number of benzene rings is 3. The van der Waals surface area contributed by atoms with Crippen molar-refractivity contribution < 1.29 is 23.4 Å². The van der Waals surface area contributed by atoms with Crippen LogP contribution < -0.4 is 9.04 Å². The first-order valence-electron chi connectivity index (χ1n) is 10.3. The van der Waals surface area contributed by atoms with E-state index in [4.69, 9.17) is 4.74 Å². The second kappa shape index (κ2) is 7.98. The van der Waals surface area contributed by atoms with Gasteiger partial charge in [0.15, 0.2) is 0 Å². The van der Waals surface area contributed by atoms with Crippen molar-refractivity contribution in [3.05, 3.63) is 90.0 Å². The summed E-state index contributed by atoms with van der Waals surface area (Å²) < 4.78 is 30.0. The number of rotatable bonds is 5. The fourth-order valence-corrected chi connectivity index (χ4v) is 5.95. The Hall–Kier alpha value is -3.33. The van der Waals surface area contributed by atoms with E-state index in [0.29, 0.717) is 34.7 Å². The Morgan fingerprint density at radius 3 is 2.09 bits per heavy atom. The summed E-state index contributed by atoms with van der Waals surface area (Å²) in [7, 11) is -3.38. The van der Waals surface area contributed by atoms with Gasteiger partial charge in [0, 0.05) is 13.0 Å². The maximum atomic E-state index is 12.6. The van der Waals surface area contributed by atoms with E-state index in [0.717, 1.165) is 0 Å². The minimum Gasteiger partial charge on any atom is -0.467 e. The minimum atomic E-state index is -3.38. The molecule has 2 amide bonds. The van der Waals surface area contributed by atoms with E-state index in [-0.39, 0.29) is 24.8 Å². The van der Waals surface area contributed by atoms with Gasteiger partial charge in [-0.25, -0.2) is 4.31 Å². The summed E-state index contributed by atoms with van der Waals surface area (Å²) in [6, 6.07) is 23.1. The maximum absolute atomic E-state index is 12.6. The van der Waals surface area contributed by atoms with Crippen LogP contribution in [0.25, 0.3) is 0 Å². The molecular weight excluding hydrogens is 428 g/mol. The third-order valence-corrected chi connectivity index (χ3v) is 7.64. The molecular formula is C24H22N2O5S. The molecule has 0 radical (unpaired) electrons. The van der Waals surface area contributed by atoms with Crippen LogP contribution in [0.2, 0.25) is 0 Å². The molecule has 2 aliphatic heterocycles. The van der Waals surface area contributed by atoms with Gasteiger partial charge in [-0.15, -0.1) is 0 Å².